The van der Waals surface area contributed by atoms with Crippen molar-refractivity contribution < 1.29 is 19.3 Å². The Balaban J connectivity index is 1.25. The highest BCUT2D eigenvalue weighted by Crippen LogP contribution is 2.71. The van der Waals surface area contributed by atoms with E-state index in [1.54, 1.807) is 7.11 Å². The van der Waals surface area contributed by atoms with Gasteiger partial charge in [0.1, 0.15) is 0 Å². The summed E-state index contributed by atoms with van der Waals surface area (Å²) in [5.74, 6) is 4.52. The largest absolute Gasteiger partial charge is 0.390 e. The molecule has 0 bridgehead atoms. The van der Waals surface area contributed by atoms with Crippen LogP contribution in [-0.2, 0) is 14.2 Å². The predicted octanol–water partition coefficient (Wildman–Crippen LogP) is 5.42. The van der Waals surface area contributed by atoms with Gasteiger partial charge in [0.25, 0.3) is 0 Å². The first kappa shape index (κ1) is 22.3. The Labute approximate surface area is 195 Å². The zero-order valence-electron chi connectivity index (χ0n) is 21.0. The van der Waals surface area contributed by atoms with Crippen molar-refractivity contribution >= 4 is 0 Å². The van der Waals surface area contributed by atoms with Crippen molar-refractivity contribution in [3.05, 3.63) is 0 Å². The molecule has 182 valence electrons. The Morgan fingerprint density at radius 1 is 0.938 bits per heavy atom. The Morgan fingerprint density at radius 3 is 2.47 bits per heavy atom. The molecule has 0 aromatic heterocycles. The minimum absolute atomic E-state index is 0.0352. The summed E-state index contributed by atoms with van der Waals surface area (Å²) < 4.78 is 19.0. The van der Waals surface area contributed by atoms with Crippen LogP contribution in [0.2, 0.25) is 0 Å². The van der Waals surface area contributed by atoms with Gasteiger partial charge in [-0.1, -0.05) is 27.7 Å². The molecule has 0 amide bonds. The number of hydrogen-bond donors (Lipinski definition) is 1. The van der Waals surface area contributed by atoms with Crippen molar-refractivity contribution in [2.45, 2.75) is 110 Å². The van der Waals surface area contributed by atoms with E-state index in [-0.39, 0.29) is 23.4 Å². The molecule has 2 heterocycles. The van der Waals surface area contributed by atoms with Gasteiger partial charge in [0.2, 0.25) is 0 Å². The van der Waals surface area contributed by atoms with Crippen molar-refractivity contribution in [1.82, 2.24) is 0 Å². The third-order valence-electron chi connectivity index (χ3n) is 12.2. The van der Waals surface area contributed by atoms with Crippen LogP contribution in [0.25, 0.3) is 0 Å². The maximum Gasteiger partial charge on any atom is 0.171 e. The van der Waals surface area contributed by atoms with Gasteiger partial charge in [0.15, 0.2) is 5.79 Å². The lowest BCUT2D eigenvalue weighted by Gasteiger charge is -2.62. The van der Waals surface area contributed by atoms with E-state index in [0.29, 0.717) is 35.2 Å². The minimum Gasteiger partial charge on any atom is -0.390 e. The van der Waals surface area contributed by atoms with Gasteiger partial charge in [0, 0.05) is 19.4 Å². The van der Waals surface area contributed by atoms with Crippen LogP contribution in [0.5, 0.6) is 0 Å². The van der Waals surface area contributed by atoms with Crippen LogP contribution in [0.4, 0.5) is 0 Å². The van der Waals surface area contributed by atoms with E-state index < -0.39 is 0 Å². The molecule has 0 aromatic carbocycles. The van der Waals surface area contributed by atoms with Crippen molar-refractivity contribution in [3.8, 4) is 0 Å². The predicted molar refractivity (Wildman–Crippen MR) is 124 cm³/mol. The van der Waals surface area contributed by atoms with Crippen LogP contribution in [0.3, 0.4) is 0 Å². The van der Waals surface area contributed by atoms with Gasteiger partial charge < -0.3 is 19.3 Å². The van der Waals surface area contributed by atoms with Gasteiger partial charge in [-0.2, -0.15) is 0 Å². The first-order valence-electron chi connectivity index (χ1n) is 13.7. The minimum atomic E-state index is -0.307. The van der Waals surface area contributed by atoms with Crippen molar-refractivity contribution in [2.75, 3.05) is 13.7 Å². The van der Waals surface area contributed by atoms with Crippen LogP contribution in [0, 0.1) is 52.3 Å². The van der Waals surface area contributed by atoms with Crippen LogP contribution in [0.1, 0.15) is 85.5 Å². The summed E-state index contributed by atoms with van der Waals surface area (Å²) in [6.07, 6.45) is 11.0. The van der Waals surface area contributed by atoms with Gasteiger partial charge in [-0.15, -0.1) is 0 Å². The Bertz CT molecular complexity index is 731. The van der Waals surface area contributed by atoms with E-state index in [0.717, 1.165) is 43.6 Å². The van der Waals surface area contributed by atoms with Crippen LogP contribution in [0.15, 0.2) is 0 Å². The average molecular weight is 447 g/mol. The molecular weight excluding hydrogens is 400 g/mol. The van der Waals surface area contributed by atoms with Crippen molar-refractivity contribution in [1.29, 1.82) is 0 Å². The van der Waals surface area contributed by atoms with E-state index in [1.807, 2.05) is 0 Å². The zero-order chi connectivity index (χ0) is 22.5. The normalized spacial score (nSPS) is 61.7. The lowest BCUT2D eigenvalue weighted by atomic mass is 9.44. The number of hydrogen-bond acceptors (Lipinski definition) is 4. The molecule has 13 atom stereocenters. The number of rotatable bonds is 1. The molecule has 6 fully saturated rings. The molecular formula is C28H46O4. The van der Waals surface area contributed by atoms with Crippen LogP contribution in [-0.4, -0.2) is 42.9 Å². The first-order valence-corrected chi connectivity index (χ1v) is 13.7. The summed E-state index contributed by atoms with van der Waals surface area (Å²) >= 11 is 0. The van der Waals surface area contributed by atoms with E-state index in [1.165, 1.54) is 38.5 Å². The lowest BCUT2D eigenvalue weighted by Crippen LogP contribution is -2.57. The van der Waals surface area contributed by atoms with Crippen molar-refractivity contribution in [2.24, 2.45) is 52.3 Å². The molecule has 0 radical (unpaired) electrons. The molecule has 4 nitrogen and oxygen atoms in total. The third-order valence-corrected chi connectivity index (χ3v) is 12.2. The van der Waals surface area contributed by atoms with Gasteiger partial charge in [-0.25, -0.2) is 0 Å². The second kappa shape index (κ2) is 7.42. The van der Waals surface area contributed by atoms with E-state index in [4.69, 9.17) is 14.2 Å². The highest BCUT2D eigenvalue weighted by molar-refractivity contribution is 5.15. The van der Waals surface area contributed by atoms with Gasteiger partial charge >= 0.3 is 0 Å². The van der Waals surface area contributed by atoms with Gasteiger partial charge in [-0.3, -0.25) is 0 Å². The summed E-state index contributed by atoms with van der Waals surface area (Å²) in [6, 6.07) is 0. The van der Waals surface area contributed by atoms with Crippen LogP contribution < -0.4 is 0 Å². The fourth-order valence-electron chi connectivity index (χ4n) is 10.5. The standard InChI is InChI=1S/C28H46O4/c1-16-8-11-28(31-15-16)17(2)25-24(32-28)13-21-19-7-6-18-12-23(30-5)22(29)14-27(18,4)20(19)9-10-26(21,25)3/h16-25,29H,6-15H2,1-5H3. The van der Waals surface area contributed by atoms with Crippen LogP contribution >= 0.6 is 0 Å². The SMILES string of the molecule is COC1CC2CCC3C(CCC4(C)C3CC3OC5(CCC(C)CO5)C(C)C34)C2(C)CC1O. The topological polar surface area (TPSA) is 47.9 Å². The molecule has 4 saturated carbocycles. The van der Waals surface area contributed by atoms with E-state index in [9.17, 15) is 5.11 Å². The average Bonchev–Trinajstić information content (AvgIpc) is 3.20. The summed E-state index contributed by atoms with van der Waals surface area (Å²) in [7, 11) is 1.77. The summed E-state index contributed by atoms with van der Waals surface area (Å²) in [4.78, 5) is 0. The number of ether oxygens (including phenoxy) is 3. The Kier molecular flexibility index (Phi) is 5.17. The zero-order valence-corrected chi connectivity index (χ0v) is 21.0. The fraction of sp³-hybridized carbons (Fsp3) is 1.00. The Hall–Kier alpha value is -0.160. The molecule has 1 spiro atoms. The number of aliphatic hydroxyl groups is 1. The lowest BCUT2D eigenvalue weighted by molar-refractivity contribution is -0.273. The molecule has 13 unspecified atom stereocenters. The first-order chi connectivity index (χ1) is 15.2. The number of fused-ring (bicyclic) bond motifs is 7. The fourth-order valence-corrected chi connectivity index (χ4v) is 10.5. The maximum atomic E-state index is 10.9. The summed E-state index contributed by atoms with van der Waals surface area (Å²) in [6.45, 7) is 10.8. The van der Waals surface area contributed by atoms with E-state index >= 15 is 0 Å². The quantitative estimate of drug-likeness (QED) is 0.584. The molecule has 6 aliphatic rings. The maximum absolute atomic E-state index is 10.9. The molecule has 32 heavy (non-hydrogen) atoms. The molecule has 0 aromatic rings. The van der Waals surface area contributed by atoms with Crippen molar-refractivity contribution in [3.63, 3.8) is 0 Å². The number of methoxy groups -OCH3 is 1. The molecule has 2 aliphatic heterocycles. The summed E-state index contributed by atoms with van der Waals surface area (Å²) in [5.41, 5.74) is 0.652. The highest BCUT2D eigenvalue weighted by Gasteiger charge is 2.69. The second-order valence-electron chi connectivity index (χ2n) is 13.5. The van der Waals surface area contributed by atoms with E-state index in [2.05, 4.69) is 27.7 Å². The monoisotopic (exact) mass is 446 g/mol. The smallest absolute Gasteiger partial charge is 0.171 e. The second-order valence-corrected chi connectivity index (χ2v) is 13.5. The Morgan fingerprint density at radius 2 is 1.75 bits per heavy atom. The van der Waals surface area contributed by atoms with Gasteiger partial charge in [0.05, 0.1) is 24.9 Å². The molecule has 1 N–H and O–H groups in total. The summed E-state index contributed by atoms with van der Waals surface area (Å²) in [5, 5.41) is 10.9. The van der Waals surface area contributed by atoms with Gasteiger partial charge in [-0.05, 0) is 97.7 Å². The molecule has 2 saturated heterocycles. The molecule has 6 rings (SSSR count). The third kappa shape index (κ3) is 2.88. The molecule has 4 aliphatic carbocycles. The molecule has 4 heteroatoms. The number of aliphatic hydroxyl groups excluding tert-OH is 1. The highest BCUT2D eigenvalue weighted by atomic mass is 16.7.